The molecule has 0 aromatic heterocycles. The largest absolute Gasteiger partial charge is 0.493 e. The lowest BCUT2D eigenvalue weighted by Gasteiger charge is -2.26. The van der Waals surface area contributed by atoms with E-state index in [0.717, 1.165) is 44.7 Å². The first-order chi connectivity index (χ1) is 8.81. The predicted molar refractivity (Wildman–Crippen MR) is 73.1 cm³/mol. The van der Waals surface area contributed by atoms with Gasteiger partial charge in [0.15, 0.2) is 0 Å². The molecule has 0 radical (unpaired) electrons. The second-order valence-corrected chi connectivity index (χ2v) is 4.93. The molecule has 3 nitrogen and oxygen atoms in total. The van der Waals surface area contributed by atoms with Gasteiger partial charge in [0.2, 0.25) is 0 Å². The fourth-order valence-electron chi connectivity index (χ4n) is 2.38. The van der Waals surface area contributed by atoms with Gasteiger partial charge in [-0.2, -0.15) is 0 Å². The van der Waals surface area contributed by atoms with E-state index in [-0.39, 0.29) is 6.10 Å². The van der Waals surface area contributed by atoms with Crippen LogP contribution in [0, 0.1) is 0 Å². The Morgan fingerprint density at radius 1 is 1.44 bits per heavy atom. The van der Waals surface area contributed by atoms with Crippen molar-refractivity contribution in [2.24, 2.45) is 0 Å². The Morgan fingerprint density at radius 3 is 3.11 bits per heavy atom. The normalized spacial score (nSPS) is 20.0. The summed E-state index contributed by atoms with van der Waals surface area (Å²) in [6.45, 7) is 4.67. The van der Waals surface area contributed by atoms with Gasteiger partial charge in [0.05, 0.1) is 12.7 Å². The zero-order chi connectivity index (χ0) is 12.8. The first-order valence-corrected chi connectivity index (χ1v) is 6.91. The van der Waals surface area contributed by atoms with Gasteiger partial charge in [-0.05, 0) is 37.4 Å². The van der Waals surface area contributed by atoms with Gasteiger partial charge in [-0.1, -0.05) is 25.1 Å². The molecule has 3 heteroatoms. The standard InChI is InChI=1S/C15H23NO2/c1-2-13(17)7-9-16-11-12-8-10-18-15-6-4-3-5-14(12)15/h3-6,12-13,16-17H,2,7-11H2,1H3. The van der Waals surface area contributed by atoms with Crippen molar-refractivity contribution >= 4 is 0 Å². The van der Waals surface area contributed by atoms with Crippen LogP contribution in [0.2, 0.25) is 0 Å². The molecule has 2 rings (SSSR count). The molecule has 0 spiro atoms. The van der Waals surface area contributed by atoms with E-state index < -0.39 is 0 Å². The summed E-state index contributed by atoms with van der Waals surface area (Å²) in [5.74, 6) is 1.57. The highest BCUT2D eigenvalue weighted by Crippen LogP contribution is 2.32. The fraction of sp³-hybridized carbons (Fsp3) is 0.600. The van der Waals surface area contributed by atoms with Crippen molar-refractivity contribution in [3.63, 3.8) is 0 Å². The van der Waals surface area contributed by atoms with Crippen LogP contribution < -0.4 is 10.1 Å². The van der Waals surface area contributed by atoms with Crippen molar-refractivity contribution in [2.45, 2.75) is 38.2 Å². The van der Waals surface area contributed by atoms with Crippen molar-refractivity contribution in [3.05, 3.63) is 29.8 Å². The average Bonchev–Trinajstić information content (AvgIpc) is 2.43. The topological polar surface area (TPSA) is 41.5 Å². The fourth-order valence-corrected chi connectivity index (χ4v) is 2.38. The summed E-state index contributed by atoms with van der Waals surface area (Å²) in [5, 5.41) is 12.9. The molecule has 2 unspecified atom stereocenters. The van der Waals surface area contributed by atoms with Crippen molar-refractivity contribution in [3.8, 4) is 5.75 Å². The molecular weight excluding hydrogens is 226 g/mol. The molecule has 0 saturated heterocycles. The lowest BCUT2D eigenvalue weighted by Crippen LogP contribution is -2.28. The Morgan fingerprint density at radius 2 is 2.28 bits per heavy atom. The maximum Gasteiger partial charge on any atom is 0.122 e. The van der Waals surface area contributed by atoms with Crippen molar-refractivity contribution in [2.75, 3.05) is 19.7 Å². The summed E-state index contributed by atoms with van der Waals surface area (Å²) in [6, 6.07) is 8.29. The average molecular weight is 249 g/mol. The second-order valence-electron chi connectivity index (χ2n) is 4.93. The molecule has 0 amide bonds. The summed E-state index contributed by atoms with van der Waals surface area (Å²) in [4.78, 5) is 0. The smallest absolute Gasteiger partial charge is 0.122 e. The number of ether oxygens (including phenoxy) is 1. The van der Waals surface area contributed by atoms with Gasteiger partial charge in [0, 0.05) is 12.5 Å². The number of hydrogen-bond acceptors (Lipinski definition) is 3. The molecule has 1 aromatic rings. The first-order valence-electron chi connectivity index (χ1n) is 6.91. The first kappa shape index (κ1) is 13.4. The third-order valence-electron chi connectivity index (χ3n) is 3.60. The minimum absolute atomic E-state index is 0.167. The number of hydrogen-bond donors (Lipinski definition) is 2. The molecule has 2 N–H and O–H groups in total. The minimum Gasteiger partial charge on any atom is -0.493 e. The number of rotatable bonds is 6. The Hall–Kier alpha value is -1.06. The summed E-state index contributed by atoms with van der Waals surface area (Å²) in [7, 11) is 0. The molecule has 1 heterocycles. The van der Waals surface area contributed by atoms with Crippen LogP contribution in [0.1, 0.15) is 37.7 Å². The molecular formula is C15H23NO2. The maximum atomic E-state index is 9.49. The summed E-state index contributed by atoms with van der Waals surface area (Å²) >= 11 is 0. The van der Waals surface area contributed by atoms with Crippen molar-refractivity contribution < 1.29 is 9.84 Å². The van der Waals surface area contributed by atoms with Crippen LogP contribution in [0.4, 0.5) is 0 Å². The number of benzene rings is 1. The van der Waals surface area contributed by atoms with Gasteiger partial charge in [0.25, 0.3) is 0 Å². The lowest BCUT2D eigenvalue weighted by atomic mass is 9.93. The minimum atomic E-state index is -0.167. The molecule has 0 fully saturated rings. The van der Waals surface area contributed by atoms with E-state index in [1.807, 2.05) is 19.1 Å². The third kappa shape index (κ3) is 3.47. The van der Waals surface area contributed by atoms with E-state index in [4.69, 9.17) is 4.74 Å². The zero-order valence-electron chi connectivity index (χ0n) is 11.1. The maximum absolute atomic E-state index is 9.49. The van der Waals surface area contributed by atoms with Gasteiger partial charge >= 0.3 is 0 Å². The Labute approximate surface area is 109 Å². The highest BCUT2D eigenvalue weighted by Gasteiger charge is 2.20. The molecule has 1 aliphatic heterocycles. The number of aliphatic hydroxyl groups excluding tert-OH is 1. The quantitative estimate of drug-likeness (QED) is 0.760. The number of nitrogens with one attached hydrogen (secondary N) is 1. The zero-order valence-corrected chi connectivity index (χ0v) is 11.1. The molecule has 0 saturated carbocycles. The molecule has 0 aliphatic carbocycles. The van der Waals surface area contributed by atoms with E-state index in [2.05, 4.69) is 17.4 Å². The lowest BCUT2D eigenvalue weighted by molar-refractivity contribution is 0.159. The summed E-state index contributed by atoms with van der Waals surface area (Å²) in [6.07, 6.45) is 2.57. The molecule has 100 valence electrons. The summed E-state index contributed by atoms with van der Waals surface area (Å²) in [5.41, 5.74) is 1.31. The highest BCUT2D eigenvalue weighted by molar-refractivity contribution is 5.37. The van der Waals surface area contributed by atoms with Gasteiger partial charge < -0.3 is 15.2 Å². The van der Waals surface area contributed by atoms with E-state index >= 15 is 0 Å². The van der Waals surface area contributed by atoms with Crippen LogP contribution in [-0.4, -0.2) is 30.9 Å². The van der Waals surface area contributed by atoms with Crippen molar-refractivity contribution in [1.29, 1.82) is 0 Å². The van der Waals surface area contributed by atoms with Gasteiger partial charge in [-0.3, -0.25) is 0 Å². The van der Waals surface area contributed by atoms with E-state index in [0.29, 0.717) is 5.92 Å². The van der Waals surface area contributed by atoms with E-state index in [9.17, 15) is 5.11 Å². The Kier molecular flexibility index (Phi) is 5.02. The predicted octanol–water partition coefficient (Wildman–Crippen LogP) is 2.30. The van der Waals surface area contributed by atoms with Crippen LogP contribution in [-0.2, 0) is 0 Å². The van der Waals surface area contributed by atoms with Gasteiger partial charge in [-0.15, -0.1) is 0 Å². The highest BCUT2D eigenvalue weighted by atomic mass is 16.5. The Bertz CT molecular complexity index is 367. The second kappa shape index (κ2) is 6.76. The van der Waals surface area contributed by atoms with E-state index in [1.165, 1.54) is 5.56 Å². The third-order valence-corrected chi connectivity index (χ3v) is 3.60. The Balaban J connectivity index is 1.81. The van der Waals surface area contributed by atoms with Gasteiger partial charge in [-0.25, -0.2) is 0 Å². The summed E-state index contributed by atoms with van der Waals surface area (Å²) < 4.78 is 5.65. The molecule has 0 bridgehead atoms. The number of fused-ring (bicyclic) bond motifs is 1. The van der Waals surface area contributed by atoms with Crippen LogP contribution in [0.15, 0.2) is 24.3 Å². The van der Waals surface area contributed by atoms with Crippen LogP contribution in [0.25, 0.3) is 0 Å². The van der Waals surface area contributed by atoms with Crippen LogP contribution >= 0.6 is 0 Å². The van der Waals surface area contributed by atoms with Crippen LogP contribution in [0.5, 0.6) is 5.75 Å². The van der Waals surface area contributed by atoms with Crippen molar-refractivity contribution in [1.82, 2.24) is 5.32 Å². The molecule has 2 atom stereocenters. The molecule has 1 aromatic carbocycles. The molecule has 1 aliphatic rings. The number of para-hydroxylation sites is 1. The van der Waals surface area contributed by atoms with Gasteiger partial charge in [0.1, 0.15) is 5.75 Å². The van der Waals surface area contributed by atoms with E-state index in [1.54, 1.807) is 0 Å². The SMILES string of the molecule is CCC(O)CCNCC1CCOc2ccccc21. The molecule has 18 heavy (non-hydrogen) atoms. The number of aliphatic hydroxyl groups is 1. The van der Waals surface area contributed by atoms with Crippen LogP contribution in [0.3, 0.4) is 0 Å². The monoisotopic (exact) mass is 249 g/mol.